The van der Waals surface area contributed by atoms with E-state index in [1.54, 1.807) is 6.26 Å². The Balaban J connectivity index is 1.85. The van der Waals surface area contributed by atoms with Crippen molar-refractivity contribution in [2.75, 3.05) is 6.54 Å². The van der Waals surface area contributed by atoms with Crippen molar-refractivity contribution in [1.29, 1.82) is 0 Å². The summed E-state index contributed by atoms with van der Waals surface area (Å²) in [6.07, 6.45) is 9.61. The van der Waals surface area contributed by atoms with E-state index in [0.29, 0.717) is 6.04 Å². The average molecular weight is 263 g/mol. The molecule has 4 nitrogen and oxygen atoms in total. The van der Waals surface area contributed by atoms with Gasteiger partial charge in [-0.05, 0) is 31.7 Å². The van der Waals surface area contributed by atoms with Crippen LogP contribution in [-0.4, -0.2) is 28.6 Å². The first-order chi connectivity index (χ1) is 9.25. The van der Waals surface area contributed by atoms with Gasteiger partial charge in [0.2, 0.25) is 0 Å². The fraction of sp³-hybridized carbons (Fsp3) is 0.667. The molecule has 0 amide bonds. The Morgan fingerprint density at radius 1 is 1.32 bits per heavy atom. The number of hydrogen-bond acceptors (Lipinski definition) is 3. The summed E-state index contributed by atoms with van der Waals surface area (Å²) in [6.45, 7) is 0.153. The third kappa shape index (κ3) is 2.54. The van der Waals surface area contributed by atoms with E-state index in [2.05, 4.69) is 4.90 Å². The molecule has 1 saturated carbocycles. The Hall–Kier alpha value is -1.29. The predicted octanol–water partition coefficient (Wildman–Crippen LogP) is 2.99. The summed E-state index contributed by atoms with van der Waals surface area (Å²) in [4.78, 5) is 13.4. The molecule has 3 rings (SSSR count). The molecule has 4 heteroatoms. The first-order valence-corrected chi connectivity index (χ1v) is 7.29. The van der Waals surface area contributed by atoms with Crippen LogP contribution < -0.4 is 0 Å². The lowest BCUT2D eigenvalue weighted by atomic mass is 9.91. The molecule has 1 unspecified atom stereocenters. The Morgan fingerprint density at radius 2 is 2.11 bits per heavy atom. The van der Waals surface area contributed by atoms with Gasteiger partial charge in [0.1, 0.15) is 5.76 Å². The fourth-order valence-electron chi connectivity index (χ4n) is 3.69. The van der Waals surface area contributed by atoms with Crippen LogP contribution in [0.4, 0.5) is 0 Å². The van der Waals surface area contributed by atoms with Crippen LogP contribution in [0.2, 0.25) is 0 Å². The standard InChI is InChI=1S/C15H21NO3/c17-15(18)10-16(11-4-1-2-5-11)13-6-3-7-14-12(13)8-9-19-14/h8-9,11,13H,1-7,10H2,(H,17,18). The number of carboxylic acids is 1. The van der Waals surface area contributed by atoms with Crippen LogP contribution in [0.15, 0.2) is 16.7 Å². The first-order valence-electron chi connectivity index (χ1n) is 7.29. The fourth-order valence-corrected chi connectivity index (χ4v) is 3.69. The number of nitrogens with zero attached hydrogens (tertiary/aromatic N) is 1. The molecular formula is C15H21NO3. The maximum atomic E-state index is 11.2. The summed E-state index contributed by atoms with van der Waals surface area (Å²) < 4.78 is 5.53. The highest BCUT2D eigenvalue weighted by Gasteiger charge is 2.34. The third-order valence-corrected chi connectivity index (χ3v) is 4.53. The van der Waals surface area contributed by atoms with Gasteiger partial charge in [-0.2, -0.15) is 0 Å². The maximum Gasteiger partial charge on any atom is 0.317 e. The molecular weight excluding hydrogens is 242 g/mol. The number of furan rings is 1. The van der Waals surface area contributed by atoms with Crippen molar-refractivity contribution in [1.82, 2.24) is 4.90 Å². The quantitative estimate of drug-likeness (QED) is 0.907. The second kappa shape index (κ2) is 5.37. The zero-order valence-corrected chi connectivity index (χ0v) is 11.2. The van der Waals surface area contributed by atoms with Crippen LogP contribution in [-0.2, 0) is 11.2 Å². The molecule has 1 fully saturated rings. The summed E-state index contributed by atoms with van der Waals surface area (Å²) in [5, 5.41) is 9.21. The molecule has 19 heavy (non-hydrogen) atoms. The van der Waals surface area contributed by atoms with Gasteiger partial charge in [-0.1, -0.05) is 12.8 Å². The topological polar surface area (TPSA) is 53.7 Å². The van der Waals surface area contributed by atoms with Crippen LogP contribution in [0.3, 0.4) is 0 Å². The molecule has 0 aliphatic heterocycles. The highest BCUT2D eigenvalue weighted by Crippen LogP contribution is 2.38. The number of hydrogen-bond donors (Lipinski definition) is 1. The number of carbonyl (C=O) groups is 1. The van der Waals surface area contributed by atoms with Crippen LogP contribution in [0.25, 0.3) is 0 Å². The lowest BCUT2D eigenvalue weighted by molar-refractivity contribution is -0.139. The number of fused-ring (bicyclic) bond motifs is 1. The van der Waals surface area contributed by atoms with E-state index < -0.39 is 5.97 Å². The van der Waals surface area contributed by atoms with Gasteiger partial charge in [0, 0.05) is 24.1 Å². The number of aliphatic carboxylic acids is 1. The summed E-state index contributed by atoms with van der Waals surface area (Å²) in [5.41, 5.74) is 1.22. The Bertz CT molecular complexity index is 448. The molecule has 0 saturated heterocycles. The number of aryl methyl sites for hydroxylation is 1. The molecule has 0 radical (unpaired) electrons. The molecule has 1 atom stereocenters. The molecule has 2 aliphatic carbocycles. The lowest BCUT2D eigenvalue weighted by Crippen LogP contribution is -2.41. The molecule has 0 aromatic carbocycles. The smallest absolute Gasteiger partial charge is 0.317 e. The highest BCUT2D eigenvalue weighted by atomic mass is 16.4. The normalized spacial score (nSPS) is 23.7. The largest absolute Gasteiger partial charge is 0.480 e. The minimum Gasteiger partial charge on any atom is -0.480 e. The van der Waals surface area contributed by atoms with Gasteiger partial charge < -0.3 is 9.52 Å². The summed E-state index contributed by atoms with van der Waals surface area (Å²) >= 11 is 0. The van der Waals surface area contributed by atoms with Gasteiger partial charge in [0.25, 0.3) is 0 Å². The van der Waals surface area contributed by atoms with Gasteiger partial charge in [-0.25, -0.2) is 0 Å². The zero-order valence-electron chi connectivity index (χ0n) is 11.2. The van der Waals surface area contributed by atoms with Crippen LogP contribution in [0.5, 0.6) is 0 Å². The van der Waals surface area contributed by atoms with Crippen LogP contribution in [0.1, 0.15) is 55.9 Å². The minimum absolute atomic E-state index is 0.153. The second-order valence-electron chi connectivity index (χ2n) is 5.71. The second-order valence-corrected chi connectivity index (χ2v) is 5.71. The molecule has 1 aromatic rings. The van der Waals surface area contributed by atoms with E-state index >= 15 is 0 Å². The van der Waals surface area contributed by atoms with Crippen molar-refractivity contribution in [3.8, 4) is 0 Å². The summed E-state index contributed by atoms with van der Waals surface area (Å²) in [5.74, 6) is 0.340. The van der Waals surface area contributed by atoms with Gasteiger partial charge in [0.15, 0.2) is 0 Å². The lowest BCUT2D eigenvalue weighted by Gasteiger charge is -2.37. The van der Waals surface area contributed by atoms with Crippen molar-refractivity contribution in [3.63, 3.8) is 0 Å². The first kappa shape index (κ1) is 12.7. The number of rotatable bonds is 4. The Morgan fingerprint density at radius 3 is 2.84 bits per heavy atom. The van der Waals surface area contributed by atoms with Gasteiger partial charge in [-0.15, -0.1) is 0 Å². The van der Waals surface area contributed by atoms with Gasteiger partial charge in [-0.3, -0.25) is 9.69 Å². The molecule has 1 N–H and O–H groups in total. The van der Waals surface area contributed by atoms with E-state index in [4.69, 9.17) is 4.42 Å². The van der Waals surface area contributed by atoms with Crippen molar-refractivity contribution < 1.29 is 14.3 Å². The maximum absolute atomic E-state index is 11.2. The van der Waals surface area contributed by atoms with Crippen LogP contribution in [0, 0.1) is 0 Å². The monoisotopic (exact) mass is 263 g/mol. The van der Waals surface area contributed by atoms with Gasteiger partial charge >= 0.3 is 5.97 Å². The number of carboxylic acid groups (broad SMARTS) is 1. The zero-order chi connectivity index (χ0) is 13.2. The summed E-state index contributed by atoms with van der Waals surface area (Å²) in [7, 11) is 0. The summed E-state index contributed by atoms with van der Waals surface area (Å²) in [6, 6.07) is 2.70. The SMILES string of the molecule is O=C(O)CN(C1CCCC1)C1CCCc2occc21. The van der Waals surface area contributed by atoms with E-state index in [9.17, 15) is 9.90 Å². The Labute approximate surface area is 113 Å². The van der Waals surface area contributed by atoms with Crippen molar-refractivity contribution in [2.45, 2.75) is 57.0 Å². The molecule has 1 heterocycles. The molecule has 104 valence electrons. The predicted molar refractivity (Wildman–Crippen MR) is 71.0 cm³/mol. The minimum atomic E-state index is -0.720. The molecule has 0 spiro atoms. The van der Waals surface area contributed by atoms with E-state index in [0.717, 1.165) is 37.9 Å². The van der Waals surface area contributed by atoms with E-state index in [-0.39, 0.29) is 12.6 Å². The Kier molecular flexibility index (Phi) is 3.60. The van der Waals surface area contributed by atoms with Crippen molar-refractivity contribution >= 4 is 5.97 Å². The van der Waals surface area contributed by atoms with Gasteiger partial charge in [0.05, 0.1) is 12.8 Å². The van der Waals surface area contributed by atoms with Crippen molar-refractivity contribution in [2.24, 2.45) is 0 Å². The molecule has 1 aromatic heterocycles. The molecule has 0 bridgehead atoms. The van der Waals surface area contributed by atoms with Crippen molar-refractivity contribution in [3.05, 3.63) is 23.7 Å². The van der Waals surface area contributed by atoms with E-state index in [1.165, 1.54) is 18.4 Å². The highest BCUT2D eigenvalue weighted by molar-refractivity contribution is 5.69. The average Bonchev–Trinajstić information content (AvgIpc) is 3.05. The molecule has 2 aliphatic rings. The van der Waals surface area contributed by atoms with E-state index in [1.807, 2.05) is 6.07 Å². The third-order valence-electron chi connectivity index (χ3n) is 4.53. The van der Waals surface area contributed by atoms with Crippen LogP contribution >= 0.6 is 0 Å².